The predicted octanol–water partition coefficient (Wildman–Crippen LogP) is 2.16. The Kier molecular flexibility index (Phi) is 4.68. The van der Waals surface area contributed by atoms with Gasteiger partial charge in [0.05, 0.1) is 6.54 Å². The van der Waals surface area contributed by atoms with E-state index in [1.807, 2.05) is 0 Å². The molecule has 0 amide bonds. The molecule has 1 aromatic rings. The minimum Gasteiger partial charge on any atom is -0.338 e. The molecule has 0 spiro atoms. The lowest BCUT2D eigenvalue weighted by Crippen LogP contribution is -2.37. The average Bonchev–Trinajstić information content (AvgIpc) is 3.22. The van der Waals surface area contributed by atoms with Gasteiger partial charge in [0.1, 0.15) is 0 Å². The Morgan fingerprint density at radius 2 is 2.05 bits per heavy atom. The van der Waals surface area contributed by atoms with Crippen molar-refractivity contribution >= 4 is 0 Å². The van der Waals surface area contributed by atoms with Crippen LogP contribution in [0.5, 0.6) is 0 Å². The summed E-state index contributed by atoms with van der Waals surface area (Å²) in [6.45, 7) is 7.67. The van der Waals surface area contributed by atoms with Crippen LogP contribution in [0.3, 0.4) is 0 Å². The number of aromatic nitrogens is 2. The SMILES string of the molecule is CCCNCC1CCN(Cc2nc(C3CC3)no2)CC1. The van der Waals surface area contributed by atoms with E-state index in [0.717, 1.165) is 43.8 Å². The molecule has 0 radical (unpaired) electrons. The Bertz CT molecular complexity index is 408. The van der Waals surface area contributed by atoms with Crippen molar-refractivity contribution < 1.29 is 4.52 Å². The third kappa shape index (κ3) is 3.79. The zero-order valence-corrected chi connectivity index (χ0v) is 12.5. The van der Waals surface area contributed by atoms with Crippen LogP contribution in [0.4, 0.5) is 0 Å². The smallest absolute Gasteiger partial charge is 0.240 e. The van der Waals surface area contributed by atoms with Crippen molar-refractivity contribution in [2.45, 2.75) is 51.5 Å². The van der Waals surface area contributed by atoms with Crippen LogP contribution in [0.2, 0.25) is 0 Å². The van der Waals surface area contributed by atoms with Crippen LogP contribution < -0.4 is 5.32 Å². The van der Waals surface area contributed by atoms with Crippen molar-refractivity contribution in [2.75, 3.05) is 26.2 Å². The van der Waals surface area contributed by atoms with Crippen molar-refractivity contribution in [1.29, 1.82) is 0 Å². The lowest BCUT2D eigenvalue weighted by Gasteiger charge is -2.31. The highest BCUT2D eigenvalue weighted by Crippen LogP contribution is 2.38. The van der Waals surface area contributed by atoms with Crippen molar-refractivity contribution in [3.8, 4) is 0 Å². The molecule has 5 heteroatoms. The molecule has 1 aliphatic carbocycles. The largest absolute Gasteiger partial charge is 0.338 e. The van der Waals surface area contributed by atoms with Crippen LogP contribution >= 0.6 is 0 Å². The van der Waals surface area contributed by atoms with E-state index in [1.54, 1.807) is 0 Å². The number of piperidine rings is 1. The second-order valence-electron chi connectivity index (χ2n) is 6.24. The van der Waals surface area contributed by atoms with Gasteiger partial charge in [0.25, 0.3) is 0 Å². The van der Waals surface area contributed by atoms with Crippen molar-refractivity contribution in [3.05, 3.63) is 11.7 Å². The second-order valence-corrected chi connectivity index (χ2v) is 6.24. The summed E-state index contributed by atoms with van der Waals surface area (Å²) in [5.74, 6) is 3.15. The van der Waals surface area contributed by atoms with Gasteiger partial charge in [-0.1, -0.05) is 12.1 Å². The summed E-state index contributed by atoms with van der Waals surface area (Å²) in [6, 6.07) is 0. The van der Waals surface area contributed by atoms with E-state index < -0.39 is 0 Å². The van der Waals surface area contributed by atoms with Crippen molar-refractivity contribution in [1.82, 2.24) is 20.4 Å². The Morgan fingerprint density at radius 3 is 2.75 bits per heavy atom. The van der Waals surface area contributed by atoms with E-state index in [1.165, 1.54) is 38.6 Å². The minimum atomic E-state index is 0.586. The third-order valence-electron chi connectivity index (χ3n) is 4.35. The maximum absolute atomic E-state index is 5.36. The van der Waals surface area contributed by atoms with Gasteiger partial charge >= 0.3 is 0 Å². The molecule has 1 saturated carbocycles. The molecule has 112 valence electrons. The molecule has 0 unspecified atom stereocenters. The van der Waals surface area contributed by atoms with Crippen LogP contribution in [-0.4, -0.2) is 41.2 Å². The topological polar surface area (TPSA) is 54.2 Å². The summed E-state index contributed by atoms with van der Waals surface area (Å²) in [4.78, 5) is 6.96. The Morgan fingerprint density at radius 1 is 1.25 bits per heavy atom. The number of hydrogen-bond acceptors (Lipinski definition) is 5. The maximum atomic E-state index is 5.36. The van der Waals surface area contributed by atoms with Crippen LogP contribution in [0.25, 0.3) is 0 Å². The Balaban J connectivity index is 1.39. The first-order valence-corrected chi connectivity index (χ1v) is 8.10. The van der Waals surface area contributed by atoms with E-state index in [-0.39, 0.29) is 0 Å². The van der Waals surface area contributed by atoms with E-state index in [4.69, 9.17) is 4.52 Å². The van der Waals surface area contributed by atoms with Gasteiger partial charge in [-0.25, -0.2) is 0 Å². The first-order chi connectivity index (χ1) is 9.85. The molecule has 2 aliphatic rings. The monoisotopic (exact) mass is 278 g/mol. The normalized spacial score (nSPS) is 21.4. The van der Waals surface area contributed by atoms with E-state index in [2.05, 4.69) is 27.3 Å². The van der Waals surface area contributed by atoms with Gasteiger partial charge in [0.2, 0.25) is 5.89 Å². The summed E-state index contributed by atoms with van der Waals surface area (Å²) in [7, 11) is 0. The van der Waals surface area contributed by atoms with Gasteiger partial charge in [0.15, 0.2) is 5.82 Å². The molecule has 2 fully saturated rings. The fraction of sp³-hybridized carbons (Fsp3) is 0.867. The average molecular weight is 278 g/mol. The Hall–Kier alpha value is -0.940. The van der Waals surface area contributed by atoms with Crippen LogP contribution in [0.15, 0.2) is 4.52 Å². The molecule has 20 heavy (non-hydrogen) atoms. The number of hydrogen-bond donors (Lipinski definition) is 1. The molecule has 0 atom stereocenters. The van der Waals surface area contributed by atoms with E-state index >= 15 is 0 Å². The number of nitrogens with zero attached hydrogens (tertiary/aromatic N) is 3. The van der Waals surface area contributed by atoms with Gasteiger partial charge in [-0.15, -0.1) is 0 Å². The predicted molar refractivity (Wildman–Crippen MR) is 77.4 cm³/mol. The summed E-state index contributed by atoms with van der Waals surface area (Å²) in [5.41, 5.74) is 0. The first-order valence-electron chi connectivity index (χ1n) is 8.10. The van der Waals surface area contributed by atoms with Crippen LogP contribution in [-0.2, 0) is 6.54 Å². The minimum absolute atomic E-state index is 0.586. The second kappa shape index (κ2) is 6.68. The lowest BCUT2D eigenvalue weighted by atomic mass is 9.97. The molecule has 3 rings (SSSR count). The van der Waals surface area contributed by atoms with Crippen molar-refractivity contribution in [2.24, 2.45) is 5.92 Å². The van der Waals surface area contributed by atoms with Crippen LogP contribution in [0, 0.1) is 5.92 Å². The van der Waals surface area contributed by atoms with Gasteiger partial charge in [-0.3, -0.25) is 4.90 Å². The highest BCUT2D eigenvalue weighted by molar-refractivity contribution is 5.03. The standard InChI is InChI=1S/C15H26N4O/c1-2-7-16-10-12-5-8-19(9-6-12)11-14-17-15(18-20-14)13-3-4-13/h12-13,16H,2-11H2,1H3. The highest BCUT2D eigenvalue weighted by atomic mass is 16.5. The molecule has 2 heterocycles. The lowest BCUT2D eigenvalue weighted by molar-refractivity contribution is 0.158. The van der Waals surface area contributed by atoms with E-state index in [9.17, 15) is 0 Å². The summed E-state index contributed by atoms with van der Waals surface area (Å²) < 4.78 is 5.36. The highest BCUT2D eigenvalue weighted by Gasteiger charge is 2.29. The Labute approximate surface area is 121 Å². The molecule has 1 aromatic heterocycles. The van der Waals surface area contributed by atoms with Crippen LogP contribution in [0.1, 0.15) is 56.7 Å². The fourth-order valence-corrected chi connectivity index (χ4v) is 2.86. The van der Waals surface area contributed by atoms with Crippen molar-refractivity contribution in [3.63, 3.8) is 0 Å². The number of rotatable bonds is 7. The molecule has 5 nitrogen and oxygen atoms in total. The molecular weight excluding hydrogens is 252 g/mol. The van der Waals surface area contributed by atoms with E-state index in [0.29, 0.717) is 5.92 Å². The molecule has 1 saturated heterocycles. The quantitative estimate of drug-likeness (QED) is 0.775. The fourth-order valence-electron chi connectivity index (χ4n) is 2.86. The molecule has 0 bridgehead atoms. The van der Waals surface area contributed by atoms with Gasteiger partial charge in [-0.05, 0) is 64.2 Å². The molecule has 0 aromatic carbocycles. The molecule has 1 aliphatic heterocycles. The zero-order valence-electron chi connectivity index (χ0n) is 12.5. The zero-order chi connectivity index (χ0) is 13.8. The summed E-state index contributed by atoms with van der Waals surface area (Å²) >= 11 is 0. The molecule has 1 N–H and O–H groups in total. The molecular formula is C15H26N4O. The number of nitrogens with one attached hydrogen (secondary N) is 1. The number of likely N-dealkylation sites (tertiary alicyclic amines) is 1. The van der Waals surface area contributed by atoms with Gasteiger partial charge in [0, 0.05) is 5.92 Å². The summed E-state index contributed by atoms with van der Waals surface area (Å²) in [5, 5.41) is 7.62. The third-order valence-corrected chi connectivity index (χ3v) is 4.35. The first kappa shape index (κ1) is 14.0. The van der Waals surface area contributed by atoms with Gasteiger partial charge in [-0.2, -0.15) is 4.98 Å². The van der Waals surface area contributed by atoms with Gasteiger partial charge < -0.3 is 9.84 Å². The maximum Gasteiger partial charge on any atom is 0.240 e. The summed E-state index contributed by atoms with van der Waals surface area (Å²) in [6.07, 6.45) is 6.24.